The summed E-state index contributed by atoms with van der Waals surface area (Å²) in [4.78, 5) is 13.8. The molecule has 2 aromatic rings. The first-order chi connectivity index (χ1) is 8.70. The Morgan fingerprint density at radius 2 is 2.00 bits per heavy atom. The molecule has 0 amide bonds. The largest absolute Gasteiger partial charge is 0.461 e. The number of likely N-dealkylation sites (N-methyl/N-ethyl adjacent to an activating group) is 1. The van der Waals surface area contributed by atoms with E-state index in [1.165, 1.54) is 18.4 Å². The molecule has 0 N–H and O–H groups in total. The van der Waals surface area contributed by atoms with Crippen LogP contribution in [0.15, 0.2) is 47.1 Å². The molecule has 1 aromatic heterocycles. The maximum absolute atomic E-state index is 12.8. The molecule has 4 heteroatoms. The Bertz CT molecular complexity index is 505. The number of hydrogen-bond donors (Lipinski definition) is 0. The van der Waals surface area contributed by atoms with Crippen molar-refractivity contribution in [2.75, 3.05) is 18.0 Å². The van der Waals surface area contributed by atoms with Crippen molar-refractivity contribution in [2.45, 2.75) is 6.92 Å². The molecular formula is C14H14FNO2. The number of Topliss-reactive ketones (excluding diaryl/α,β-unsaturated/α-hetero) is 1. The number of carbonyl (C=O) groups is 1. The monoisotopic (exact) mass is 247 g/mol. The molecule has 0 aliphatic heterocycles. The summed E-state index contributed by atoms with van der Waals surface area (Å²) >= 11 is 0. The first kappa shape index (κ1) is 12.4. The molecule has 0 saturated carbocycles. The molecule has 3 nitrogen and oxygen atoms in total. The minimum atomic E-state index is -0.285. The van der Waals surface area contributed by atoms with Crippen LogP contribution in [0.5, 0.6) is 0 Å². The molecule has 0 radical (unpaired) electrons. The van der Waals surface area contributed by atoms with Crippen molar-refractivity contribution < 1.29 is 13.6 Å². The molecule has 0 unspecified atom stereocenters. The Hall–Kier alpha value is -2.10. The van der Waals surface area contributed by atoms with Gasteiger partial charge in [0.05, 0.1) is 12.8 Å². The van der Waals surface area contributed by atoms with E-state index in [1.807, 2.05) is 11.8 Å². The van der Waals surface area contributed by atoms with Gasteiger partial charge >= 0.3 is 0 Å². The van der Waals surface area contributed by atoms with Gasteiger partial charge in [-0.15, -0.1) is 0 Å². The predicted molar refractivity (Wildman–Crippen MR) is 67.3 cm³/mol. The van der Waals surface area contributed by atoms with E-state index in [2.05, 4.69) is 0 Å². The van der Waals surface area contributed by atoms with Crippen molar-refractivity contribution in [2.24, 2.45) is 0 Å². The van der Waals surface area contributed by atoms with Gasteiger partial charge in [0.25, 0.3) is 0 Å². The van der Waals surface area contributed by atoms with Gasteiger partial charge in [-0.2, -0.15) is 0 Å². The summed E-state index contributed by atoms with van der Waals surface area (Å²) < 4.78 is 17.9. The maximum atomic E-state index is 12.8. The van der Waals surface area contributed by atoms with Crippen LogP contribution in [-0.4, -0.2) is 18.9 Å². The predicted octanol–water partition coefficient (Wildman–Crippen LogP) is 3.13. The number of carbonyl (C=O) groups excluding carboxylic acids is 1. The van der Waals surface area contributed by atoms with Crippen molar-refractivity contribution in [1.82, 2.24) is 0 Å². The molecule has 0 aliphatic rings. The quantitative estimate of drug-likeness (QED) is 0.761. The molecule has 1 aromatic carbocycles. The van der Waals surface area contributed by atoms with Gasteiger partial charge in [0.15, 0.2) is 5.76 Å². The van der Waals surface area contributed by atoms with Crippen LogP contribution in [0.2, 0.25) is 0 Å². The van der Waals surface area contributed by atoms with Crippen LogP contribution in [-0.2, 0) is 0 Å². The second-order valence-corrected chi connectivity index (χ2v) is 3.89. The standard InChI is InChI=1S/C14H14FNO2/c1-2-16(12-7-5-11(15)6-8-12)10-13(17)14-4-3-9-18-14/h3-9H,2,10H2,1H3. The van der Waals surface area contributed by atoms with Crippen LogP contribution in [0.1, 0.15) is 17.5 Å². The van der Waals surface area contributed by atoms with Crippen LogP contribution in [0, 0.1) is 5.82 Å². The molecule has 0 saturated heterocycles. The van der Waals surface area contributed by atoms with E-state index in [0.29, 0.717) is 12.3 Å². The Kier molecular flexibility index (Phi) is 3.77. The molecule has 94 valence electrons. The maximum Gasteiger partial charge on any atom is 0.217 e. The van der Waals surface area contributed by atoms with Gasteiger partial charge < -0.3 is 9.32 Å². The van der Waals surface area contributed by atoms with Crippen molar-refractivity contribution in [1.29, 1.82) is 0 Å². The van der Waals surface area contributed by atoms with Crippen molar-refractivity contribution >= 4 is 11.5 Å². The van der Waals surface area contributed by atoms with E-state index in [4.69, 9.17) is 4.42 Å². The molecule has 0 spiro atoms. The third kappa shape index (κ3) is 2.77. The smallest absolute Gasteiger partial charge is 0.217 e. The average molecular weight is 247 g/mol. The summed E-state index contributed by atoms with van der Waals surface area (Å²) in [5, 5.41) is 0. The summed E-state index contributed by atoms with van der Waals surface area (Å²) in [5.74, 6) is -0.0334. The van der Waals surface area contributed by atoms with Crippen LogP contribution in [0.4, 0.5) is 10.1 Å². The summed E-state index contributed by atoms with van der Waals surface area (Å²) in [5.41, 5.74) is 0.818. The first-order valence-electron chi connectivity index (χ1n) is 5.78. The second kappa shape index (κ2) is 5.49. The van der Waals surface area contributed by atoms with Gasteiger partial charge in [0.1, 0.15) is 5.82 Å². The number of rotatable bonds is 5. The number of furan rings is 1. The highest BCUT2D eigenvalue weighted by Crippen LogP contribution is 2.15. The van der Waals surface area contributed by atoms with Gasteiger partial charge in [-0.1, -0.05) is 0 Å². The molecule has 0 atom stereocenters. The van der Waals surface area contributed by atoms with E-state index in [9.17, 15) is 9.18 Å². The molecule has 0 bridgehead atoms. The third-order valence-corrected chi connectivity index (χ3v) is 2.70. The van der Waals surface area contributed by atoms with Gasteiger partial charge in [-0.05, 0) is 43.3 Å². The highest BCUT2D eigenvalue weighted by molar-refractivity contribution is 5.96. The summed E-state index contributed by atoms with van der Waals surface area (Å²) in [6.07, 6.45) is 1.47. The number of benzene rings is 1. The number of anilines is 1. The lowest BCUT2D eigenvalue weighted by atomic mass is 10.2. The van der Waals surface area contributed by atoms with E-state index in [-0.39, 0.29) is 18.1 Å². The Morgan fingerprint density at radius 1 is 1.28 bits per heavy atom. The van der Waals surface area contributed by atoms with Crippen LogP contribution in [0.25, 0.3) is 0 Å². The second-order valence-electron chi connectivity index (χ2n) is 3.89. The summed E-state index contributed by atoms with van der Waals surface area (Å²) in [7, 11) is 0. The molecular weight excluding hydrogens is 233 g/mol. The molecule has 0 aliphatic carbocycles. The number of nitrogens with zero attached hydrogens (tertiary/aromatic N) is 1. The minimum absolute atomic E-state index is 0.0915. The van der Waals surface area contributed by atoms with Gasteiger partial charge in [0.2, 0.25) is 5.78 Å². The first-order valence-corrected chi connectivity index (χ1v) is 5.78. The highest BCUT2D eigenvalue weighted by Gasteiger charge is 2.14. The third-order valence-electron chi connectivity index (χ3n) is 2.70. The normalized spacial score (nSPS) is 10.3. The van der Waals surface area contributed by atoms with Crippen molar-refractivity contribution in [3.05, 3.63) is 54.2 Å². The lowest BCUT2D eigenvalue weighted by Gasteiger charge is -2.21. The zero-order chi connectivity index (χ0) is 13.0. The lowest BCUT2D eigenvalue weighted by molar-refractivity contribution is 0.0973. The van der Waals surface area contributed by atoms with E-state index < -0.39 is 0 Å². The lowest BCUT2D eigenvalue weighted by Crippen LogP contribution is -2.29. The summed E-state index contributed by atoms with van der Waals surface area (Å²) in [6, 6.07) is 9.41. The number of halogens is 1. The Balaban J connectivity index is 2.10. The zero-order valence-electron chi connectivity index (χ0n) is 10.1. The molecule has 1 heterocycles. The number of ketones is 1. The minimum Gasteiger partial charge on any atom is -0.461 e. The Labute approximate surface area is 105 Å². The van der Waals surface area contributed by atoms with E-state index in [1.54, 1.807) is 24.3 Å². The topological polar surface area (TPSA) is 33.5 Å². The van der Waals surface area contributed by atoms with Crippen LogP contribution < -0.4 is 4.90 Å². The number of hydrogen-bond acceptors (Lipinski definition) is 3. The van der Waals surface area contributed by atoms with Crippen LogP contribution >= 0.6 is 0 Å². The van der Waals surface area contributed by atoms with Gasteiger partial charge in [-0.3, -0.25) is 4.79 Å². The zero-order valence-corrected chi connectivity index (χ0v) is 10.1. The van der Waals surface area contributed by atoms with Crippen molar-refractivity contribution in [3.63, 3.8) is 0 Å². The molecule has 18 heavy (non-hydrogen) atoms. The average Bonchev–Trinajstić information content (AvgIpc) is 2.91. The van der Waals surface area contributed by atoms with E-state index >= 15 is 0 Å². The van der Waals surface area contributed by atoms with Gasteiger partial charge in [-0.25, -0.2) is 4.39 Å². The highest BCUT2D eigenvalue weighted by atomic mass is 19.1. The van der Waals surface area contributed by atoms with E-state index in [0.717, 1.165) is 5.69 Å². The molecule has 0 fully saturated rings. The summed E-state index contributed by atoms with van der Waals surface area (Å²) in [6.45, 7) is 2.83. The van der Waals surface area contributed by atoms with Crippen molar-refractivity contribution in [3.8, 4) is 0 Å². The fraction of sp³-hybridized carbons (Fsp3) is 0.214. The van der Waals surface area contributed by atoms with Crippen LogP contribution in [0.3, 0.4) is 0 Å². The SMILES string of the molecule is CCN(CC(=O)c1ccco1)c1ccc(F)cc1. The fourth-order valence-corrected chi connectivity index (χ4v) is 1.73. The van der Waals surface area contributed by atoms with Gasteiger partial charge in [0, 0.05) is 12.2 Å². The Morgan fingerprint density at radius 3 is 2.56 bits per heavy atom. The molecule has 2 rings (SSSR count). The fourth-order valence-electron chi connectivity index (χ4n) is 1.73.